The van der Waals surface area contributed by atoms with Gasteiger partial charge in [0.1, 0.15) is 5.82 Å². The molecule has 2 rings (SSSR count). The lowest BCUT2D eigenvalue weighted by Gasteiger charge is -2.35. The monoisotopic (exact) mass is 236 g/mol. The second-order valence-corrected chi connectivity index (χ2v) is 4.72. The van der Waals surface area contributed by atoms with E-state index in [1.807, 2.05) is 20.0 Å². The number of aromatic nitrogens is 2. The Labute approximate surface area is 102 Å². The van der Waals surface area contributed by atoms with E-state index in [2.05, 4.69) is 27.1 Å². The zero-order chi connectivity index (χ0) is 12.4. The summed E-state index contributed by atoms with van der Waals surface area (Å²) in [6.07, 6.45) is 0.622. The van der Waals surface area contributed by atoms with Crippen molar-refractivity contribution < 1.29 is 5.11 Å². The first-order valence-corrected chi connectivity index (χ1v) is 6.06. The van der Waals surface area contributed by atoms with E-state index in [0.717, 1.165) is 31.0 Å². The van der Waals surface area contributed by atoms with Crippen LogP contribution in [0.25, 0.3) is 0 Å². The van der Waals surface area contributed by atoms with E-state index < -0.39 is 0 Å². The fraction of sp³-hybridized carbons (Fsp3) is 0.667. The van der Waals surface area contributed by atoms with E-state index in [-0.39, 0.29) is 12.0 Å². The molecule has 2 atom stereocenters. The van der Waals surface area contributed by atoms with Crippen molar-refractivity contribution in [1.29, 1.82) is 0 Å². The molecule has 5 heteroatoms. The van der Waals surface area contributed by atoms with Crippen LogP contribution in [0, 0.1) is 12.8 Å². The molecule has 0 spiro atoms. The second kappa shape index (κ2) is 4.87. The minimum absolute atomic E-state index is 0.182. The number of anilines is 2. The van der Waals surface area contributed by atoms with Crippen molar-refractivity contribution in [2.45, 2.75) is 26.4 Å². The van der Waals surface area contributed by atoms with Crippen molar-refractivity contribution in [2.24, 2.45) is 5.92 Å². The molecule has 1 fully saturated rings. The van der Waals surface area contributed by atoms with Gasteiger partial charge in [0, 0.05) is 31.9 Å². The van der Waals surface area contributed by atoms with Crippen molar-refractivity contribution in [1.82, 2.24) is 9.97 Å². The van der Waals surface area contributed by atoms with Gasteiger partial charge in [-0.1, -0.05) is 6.92 Å². The Morgan fingerprint density at radius 2 is 2.24 bits per heavy atom. The molecule has 1 aliphatic rings. The molecule has 0 amide bonds. The molecule has 5 nitrogen and oxygen atoms in total. The van der Waals surface area contributed by atoms with Crippen LogP contribution in [0.3, 0.4) is 0 Å². The third-order valence-electron chi connectivity index (χ3n) is 3.25. The first-order chi connectivity index (χ1) is 8.10. The van der Waals surface area contributed by atoms with Crippen LogP contribution in [0.1, 0.15) is 19.0 Å². The number of nitrogens with one attached hydrogen (secondary N) is 1. The molecule has 2 N–H and O–H groups in total. The summed E-state index contributed by atoms with van der Waals surface area (Å²) in [4.78, 5) is 11.0. The Hall–Kier alpha value is -1.36. The Morgan fingerprint density at radius 3 is 2.88 bits per heavy atom. The number of aliphatic hydroxyl groups is 1. The number of aliphatic hydroxyl groups excluding tert-OH is 1. The zero-order valence-corrected chi connectivity index (χ0v) is 10.6. The summed E-state index contributed by atoms with van der Waals surface area (Å²) in [5, 5.41) is 12.7. The van der Waals surface area contributed by atoms with Gasteiger partial charge in [-0.05, 0) is 19.3 Å². The normalized spacial score (nSPS) is 24.8. The first-order valence-electron chi connectivity index (χ1n) is 6.06. The Morgan fingerprint density at radius 1 is 1.47 bits per heavy atom. The molecule has 2 heterocycles. The average molecular weight is 236 g/mol. The molecule has 0 saturated carbocycles. The van der Waals surface area contributed by atoms with E-state index in [9.17, 15) is 5.11 Å². The fourth-order valence-electron chi connectivity index (χ4n) is 2.17. The van der Waals surface area contributed by atoms with Gasteiger partial charge < -0.3 is 15.3 Å². The van der Waals surface area contributed by atoms with Gasteiger partial charge in [0.05, 0.1) is 6.10 Å². The van der Waals surface area contributed by atoms with E-state index in [0.29, 0.717) is 5.95 Å². The molecule has 17 heavy (non-hydrogen) atoms. The molecular weight excluding hydrogens is 216 g/mol. The van der Waals surface area contributed by atoms with Gasteiger partial charge >= 0.3 is 0 Å². The molecule has 0 aromatic carbocycles. The average Bonchev–Trinajstić information content (AvgIpc) is 2.32. The third-order valence-corrected chi connectivity index (χ3v) is 3.25. The van der Waals surface area contributed by atoms with E-state index in [1.165, 1.54) is 0 Å². The molecule has 2 unspecified atom stereocenters. The quantitative estimate of drug-likeness (QED) is 0.803. The van der Waals surface area contributed by atoms with Gasteiger partial charge in [0.2, 0.25) is 5.95 Å². The Balaban J connectivity index is 2.19. The van der Waals surface area contributed by atoms with Gasteiger partial charge in [-0.15, -0.1) is 0 Å². The largest absolute Gasteiger partial charge is 0.393 e. The molecule has 0 aliphatic carbocycles. The van der Waals surface area contributed by atoms with Crippen LogP contribution in [0.2, 0.25) is 0 Å². The number of hydrogen-bond donors (Lipinski definition) is 2. The molecular formula is C12H20N4O. The summed E-state index contributed by atoms with van der Waals surface area (Å²) in [6, 6.07) is 1.99. The highest BCUT2D eigenvalue weighted by molar-refractivity contribution is 5.45. The molecule has 94 valence electrons. The number of nitrogens with zero attached hydrogens (tertiary/aromatic N) is 3. The predicted octanol–water partition coefficient (Wildman–Crippen LogP) is 1.03. The lowest BCUT2D eigenvalue weighted by Crippen LogP contribution is -2.42. The van der Waals surface area contributed by atoms with Gasteiger partial charge in [-0.25, -0.2) is 4.98 Å². The number of rotatable bonds is 2. The molecule has 1 aromatic rings. The molecule has 0 radical (unpaired) electrons. The van der Waals surface area contributed by atoms with E-state index in [4.69, 9.17) is 0 Å². The Bertz CT molecular complexity index is 396. The number of hydrogen-bond acceptors (Lipinski definition) is 5. The number of piperidine rings is 1. The minimum atomic E-state index is -0.182. The van der Waals surface area contributed by atoms with E-state index in [1.54, 1.807) is 0 Å². The lowest BCUT2D eigenvalue weighted by molar-refractivity contribution is 0.0969. The third kappa shape index (κ3) is 2.66. The van der Waals surface area contributed by atoms with Crippen LogP contribution < -0.4 is 10.2 Å². The number of aryl methyl sites for hydroxylation is 1. The fourth-order valence-corrected chi connectivity index (χ4v) is 2.17. The van der Waals surface area contributed by atoms with E-state index >= 15 is 0 Å². The zero-order valence-electron chi connectivity index (χ0n) is 10.6. The molecule has 1 aliphatic heterocycles. The van der Waals surface area contributed by atoms with Gasteiger partial charge in [0.25, 0.3) is 0 Å². The van der Waals surface area contributed by atoms with Crippen molar-refractivity contribution in [2.75, 3.05) is 30.4 Å². The predicted molar refractivity (Wildman–Crippen MR) is 68.3 cm³/mol. The van der Waals surface area contributed by atoms with Crippen molar-refractivity contribution in [3.63, 3.8) is 0 Å². The van der Waals surface area contributed by atoms with Gasteiger partial charge in [-0.3, -0.25) is 0 Å². The summed E-state index contributed by atoms with van der Waals surface area (Å²) in [5.74, 6) is 1.89. The molecule has 0 bridgehead atoms. The van der Waals surface area contributed by atoms with Crippen LogP contribution in [-0.4, -0.2) is 41.3 Å². The first kappa shape index (κ1) is 12.1. The molecule has 1 aromatic heterocycles. The maximum Gasteiger partial charge on any atom is 0.224 e. The highest BCUT2D eigenvalue weighted by atomic mass is 16.3. The van der Waals surface area contributed by atoms with Crippen molar-refractivity contribution >= 4 is 11.8 Å². The standard InChI is InChI=1S/C12H20N4O/c1-8-7-16(5-4-10(8)17)11-6-9(2)14-12(13-3)15-11/h6,8,10,17H,4-5,7H2,1-3H3,(H,13,14,15). The Kier molecular flexibility index (Phi) is 3.47. The van der Waals surface area contributed by atoms with Crippen molar-refractivity contribution in [3.8, 4) is 0 Å². The topological polar surface area (TPSA) is 61.3 Å². The maximum absolute atomic E-state index is 9.73. The summed E-state index contributed by atoms with van der Waals surface area (Å²) in [6.45, 7) is 5.74. The van der Waals surface area contributed by atoms with Gasteiger partial charge in [0.15, 0.2) is 0 Å². The van der Waals surface area contributed by atoms with Crippen LogP contribution in [0.5, 0.6) is 0 Å². The van der Waals surface area contributed by atoms with Gasteiger partial charge in [-0.2, -0.15) is 4.98 Å². The van der Waals surface area contributed by atoms with Crippen LogP contribution in [0.15, 0.2) is 6.07 Å². The summed E-state index contributed by atoms with van der Waals surface area (Å²) in [7, 11) is 1.82. The SMILES string of the molecule is CNc1nc(C)cc(N2CCC(O)C(C)C2)n1. The molecule has 1 saturated heterocycles. The van der Waals surface area contributed by atoms with Crippen LogP contribution >= 0.6 is 0 Å². The smallest absolute Gasteiger partial charge is 0.224 e. The summed E-state index contributed by atoms with van der Waals surface area (Å²) >= 11 is 0. The van der Waals surface area contributed by atoms with Crippen LogP contribution in [0.4, 0.5) is 11.8 Å². The highest BCUT2D eigenvalue weighted by Gasteiger charge is 2.25. The maximum atomic E-state index is 9.73. The second-order valence-electron chi connectivity index (χ2n) is 4.72. The minimum Gasteiger partial charge on any atom is -0.393 e. The van der Waals surface area contributed by atoms with Crippen molar-refractivity contribution in [3.05, 3.63) is 11.8 Å². The van der Waals surface area contributed by atoms with Crippen LogP contribution in [-0.2, 0) is 0 Å². The summed E-state index contributed by atoms with van der Waals surface area (Å²) < 4.78 is 0. The highest BCUT2D eigenvalue weighted by Crippen LogP contribution is 2.22. The lowest BCUT2D eigenvalue weighted by atomic mass is 9.97. The summed E-state index contributed by atoms with van der Waals surface area (Å²) in [5.41, 5.74) is 0.957.